The Morgan fingerprint density at radius 3 is 2.97 bits per heavy atom. The minimum absolute atomic E-state index is 0.194. The third-order valence-electron chi connectivity index (χ3n) is 6.62. The molecule has 0 amide bonds. The number of fused-ring (bicyclic) bond motifs is 2. The molecule has 1 aliphatic heterocycles. The van der Waals surface area contributed by atoms with Gasteiger partial charge < -0.3 is 9.64 Å². The van der Waals surface area contributed by atoms with E-state index in [1.807, 2.05) is 24.0 Å². The van der Waals surface area contributed by atoms with Crippen LogP contribution in [0.3, 0.4) is 0 Å². The molecule has 30 heavy (non-hydrogen) atoms. The van der Waals surface area contributed by atoms with Gasteiger partial charge in [-0.05, 0) is 43.0 Å². The van der Waals surface area contributed by atoms with Crippen molar-refractivity contribution in [2.45, 2.75) is 25.4 Å². The SMILES string of the molecule is Cn1ncc2ccc(OC3CC4(C3)CN(CCc3cc5nncn5cc3F)C4)cc21. The van der Waals surface area contributed by atoms with Gasteiger partial charge in [0.05, 0.1) is 17.8 Å². The highest BCUT2D eigenvalue weighted by Crippen LogP contribution is 2.49. The largest absolute Gasteiger partial charge is 0.490 e. The topological polar surface area (TPSA) is 60.5 Å². The van der Waals surface area contributed by atoms with Crippen LogP contribution in [0.4, 0.5) is 4.39 Å². The molecule has 4 heterocycles. The first-order chi connectivity index (χ1) is 14.6. The molecule has 4 aromatic rings. The zero-order valence-electron chi connectivity index (χ0n) is 16.8. The molecule has 0 N–H and O–H groups in total. The van der Waals surface area contributed by atoms with E-state index in [0.29, 0.717) is 23.0 Å². The van der Waals surface area contributed by atoms with Gasteiger partial charge in [0.15, 0.2) is 5.65 Å². The van der Waals surface area contributed by atoms with Gasteiger partial charge in [0.1, 0.15) is 17.9 Å². The van der Waals surface area contributed by atoms with Crippen LogP contribution in [0.1, 0.15) is 18.4 Å². The third-order valence-corrected chi connectivity index (χ3v) is 6.62. The number of likely N-dealkylation sites (tertiary alicyclic amines) is 1. The van der Waals surface area contributed by atoms with Gasteiger partial charge in [-0.15, -0.1) is 10.2 Å². The van der Waals surface area contributed by atoms with E-state index in [4.69, 9.17) is 4.74 Å². The average molecular weight is 406 g/mol. The first-order valence-corrected chi connectivity index (χ1v) is 10.4. The molecule has 3 aromatic heterocycles. The molecule has 7 nitrogen and oxygen atoms in total. The Bertz CT molecular complexity index is 1230. The summed E-state index contributed by atoms with van der Waals surface area (Å²) in [6.45, 7) is 3.01. The summed E-state index contributed by atoms with van der Waals surface area (Å²) in [4.78, 5) is 2.41. The van der Waals surface area contributed by atoms with Crippen LogP contribution in [0, 0.1) is 11.2 Å². The lowest BCUT2D eigenvalue weighted by Crippen LogP contribution is -2.64. The molecular formula is C22H23FN6O. The zero-order chi connectivity index (χ0) is 20.3. The predicted molar refractivity (Wildman–Crippen MR) is 110 cm³/mol. The number of nitrogens with zero attached hydrogens (tertiary/aromatic N) is 6. The van der Waals surface area contributed by atoms with Gasteiger partial charge in [-0.1, -0.05) is 0 Å². The number of pyridine rings is 1. The van der Waals surface area contributed by atoms with E-state index in [1.165, 1.54) is 12.5 Å². The first kappa shape index (κ1) is 17.8. The fourth-order valence-electron chi connectivity index (χ4n) is 5.05. The Morgan fingerprint density at radius 2 is 2.10 bits per heavy atom. The monoisotopic (exact) mass is 406 g/mol. The van der Waals surface area contributed by atoms with Gasteiger partial charge in [0.2, 0.25) is 0 Å². The van der Waals surface area contributed by atoms with E-state index < -0.39 is 0 Å². The summed E-state index contributed by atoms with van der Waals surface area (Å²) in [5, 5.41) is 13.2. The average Bonchev–Trinajstić information content (AvgIpc) is 3.28. The maximum absolute atomic E-state index is 14.2. The van der Waals surface area contributed by atoms with Crippen molar-refractivity contribution in [2.24, 2.45) is 12.5 Å². The summed E-state index contributed by atoms with van der Waals surface area (Å²) in [6, 6.07) is 7.96. The Balaban J connectivity index is 1.01. The van der Waals surface area contributed by atoms with Crippen LogP contribution < -0.4 is 4.74 Å². The van der Waals surface area contributed by atoms with E-state index >= 15 is 0 Å². The number of ether oxygens (including phenoxy) is 1. The number of aromatic nitrogens is 5. The number of halogens is 1. The van der Waals surface area contributed by atoms with Crippen molar-refractivity contribution in [2.75, 3.05) is 19.6 Å². The second-order valence-electron chi connectivity index (χ2n) is 8.84. The summed E-state index contributed by atoms with van der Waals surface area (Å²) in [5.74, 6) is 0.724. The van der Waals surface area contributed by atoms with Crippen molar-refractivity contribution in [3.63, 3.8) is 0 Å². The first-order valence-electron chi connectivity index (χ1n) is 10.4. The van der Waals surface area contributed by atoms with Crippen molar-refractivity contribution >= 4 is 16.6 Å². The molecule has 0 radical (unpaired) electrons. The number of benzene rings is 1. The minimum Gasteiger partial charge on any atom is -0.490 e. The van der Waals surface area contributed by atoms with Crippen LogP contribution in [0.2, 0.25) is 0 Å². The maximum atomic E-state index is 14.2. The van der Waals surface area contributed by atoms with Crippen molar-refractivity contribution in [1.82, 2.24) is 29.3 Å². The van der Waals surface area contributed by atoms with Gasteiger partial charge in [-0.25, -0.2) is 4.39 Å². The van der Waals surface area contributed by atoms with E-state index in [9.17, 15) is 4.39 Å². The summed E-state index contributed by atoms with van der Waals surface area (Å²) in [5.41, 5.74) is 2.87. The van der Waals surface area contributed by atoms with Crippen LogP contribution in [0.15, 0.2) is 43.0 Å². The number of aryl methyl sites for hydroxylation is 1. The van der Waals surface area contributed by atoms with E-state index in [-0.39, 0.29) is 11.9 Å². The Kier molecular flexibility index (Phi) is 3.86. The molecule has 0 unspecified atom stereocenters. The van der Waals surface area contributed by atoms with Crippen LogP contribution in [-0.2, 0) is 13.5 Å². The summed E-state index contributed by atoms with van der Waals surface area (Å²) in [6.07, 6.45) is 8.00. The minimum atomic E-state index is -0.194. The number of hydrogen-bond donors (Lipinski definition) is 0. The molecule has 154 valence electrons. The molecule has 0 atom stereocenters. The molecule has 0 bridgehead atoms. The molecule has 1 aliphatic carbocycles. The quantitative estimate of drug-likeness (QED) is 0.510. The zero-order valence-corrected chi connectivity index (χ0v) is 16.8. The molecule has 1 aromatic carbocycles. The van der Waals surface area contributed by atoms with Crippen LogP contribution >= 0.6 is 0 Å². The Morgan fingerprint density at radius 1 is 1.23 bits per heavy atom. The molecule has 1 saturated heterocycles. The van der Waals surface area contributed by atoms with Crippen LogP contribution in [-0.4, -0.2) is 55.0 Å². The van der Waals surface area contributed by atoms with Gasteiger partial charge in [0.25, 0.3) is 0 Å². The maximum Gasteiger partial charge on any atom is 0.161 e. The molecule has 2 aliphatic rings. The van der Waals surface area contributed by atoms with Crippen molar-refractivity contribution < 1.29 is 9.13 Å². The summed E-state index contributed by atoms with van der Waals surface area (Å²) < 4.78 is 23.9. The van der Waals surface area contributed by atoms with Gasteiger partial charge >= 0.3 is 0 Å². The lowest BCUT2D eigenvalue weighted by molar-refractivity contribution is -0.118. The van der Waals surface area contributed by atoms with Crippen molar-refractivity contribution in [1.29, 1.82) is 0 Å². The molecule has 6 rings (SSSR count). The molecule has 8 heteroatoms. The number of hydrogen-bond acceptors (Lipinski definition) is 5. The van der Waals surface area contributed by atoms with E-state index in [1.54, 1.807) is 10.5 Å². The second-order valence-corrected chi connectivity index (χ2v) is 8.84. The van der Waals surface area contributed by atoms with Crippen LogP contribution in [0.5, 0.6) is 5.75 Å². The fraction of sp³-hybridized carbons (Fsp3) is 0.409. The highest BCUT2D eigenvalue weighted by atomic mass is 19.1. The molecule has 2 fully saturated rings. The molecular weight excluding hydrogens is 383 g/mol. The lowest BCUT2D eigenvalue weighted by atomic mass is 9.61. The van der Waals surface area contributed by atoms with Crippen molar-refractivity contribution in [3.8, 4) is 5.75 Å². The lowest BCUT2D eigenvalue weighted by Gasteiger charge is -2.58. The highest BCUT2D eigenvalue weighted by molar-refractivity contribution is 5.80. The number of rotatable bonds is 5. The van der Waals surface area contributed by atoms with Gasteiger partial charge in [0, 0.05) is 49.7 Å². The fourth-order valence-corrected chi connectivity index (χ4v) is 5.05. The van der Waals surface area contributed by atoms with Crippen LogP contribution in [0.25, 0.3) is 16.6 Å². The summed E-state index contributed by atoms with van der Waals surface area (Å²) in [7, 11) is 1.95. The highest BCUT2D eigenvalue weighted by Gasteiger charge is 2.53. The van der Waals surface area contributed by atoms with Gasteiger partial charge in [-0.2, -0.15) is 5.10 Å². The van der Waals surface area contributed by atoms with E-state index in [2.05, 4.69) is 32.3 Å². The normalized spacial score (nSPS) is 18.7. The van der Waals surface area contributed by atoms with Crippen molar-refractivity contribution in [3.05, 3.63) is 54.4 Å². The molecule has 1 spiro atoms. The smallest absolute Gasteiger partial charge is 0.161 e. The summed E-state index contributed by atoms with van der Waals surface area (Å²) >= 11 is 0. The van der Waals surface area contributed by atoms with E-state index in [0.717, 1.165) is 49.1 Å². The Labute approximate surface area is 173 Å². The predicted octanol–water partition coefficient (Wildman–Crippen LogP) is 2.84. The Hall–Kier alpha value is -3.00. The van der Waals surface area contributed by atoms with Gasteiger partial charge in [-0.3, -0.25) is 9.08 Å². The second kappa shape index (κ2) is 6.50. The molecule has 1 saturated carbocycles. The standard InChI is InChI=1S/C22H23FN6O/c1-27-20-7-17(3-2-16(20)10-25-27)30-18-8-22(9-18)12-28(13-22)5-4-15-6-21-26-24-14-29(21)11-19(15)23/h2-3,6-7,10-11,14,18H,4-5,8-9,12-13H2,1H3. The third kappa shape index (κ3) is 2.94.